The second kappa shape index (κ2) is 8.55. The van der Waals surface area contributed by atoms with Crippen LogP contribution in [-0.2, 0) is 0 Å². The Hall–Kier alpha value is -3.36. The van der Waals surface area contributed by atoms with E-state index in [1.807, 2.05) is 0 Å². The molecule has 9 heteroatoms. The van der Waals surface area contributed by atoms with Gasteiger partial charge in [0.15, 0.2) is 11.5 Å². The fraction of sp³-hybridized carbons (Fsp3) is 0.368. The number of nitrogens with zero attached hydrogens (tertiary/aromatic N) is 3. The number of hydrogen-bond acceptors (Lipinski definition) is 7. The molecule has 1 aromatic carbocycles. The molecule has 0 spiro atoms. The summed E-state index contributed by atoms with van der Waals surface area (Å²) in [5, 5.41) is 11.5. The molecule has 1 saturated heterocycles. The molecule has 9 nitrogen and oxygen atoms in total. The van der Waals surface area contributed by atoms with E-state index in [2.05, 4.69) is 4.98 Å². The van der Waals surface area contributed by atoms with Crippen LogP contribution >= 0.6 is 0 Å². The molecule has 1 aliphatic heterocycles. The number of piperidine rings is 1. The van der Waals surface area contributed by atoms with Crippen LogP contribution < -0.4 is 14.2 Å². The minimum absolute atomic E-state index is 0.0350. The molecule has 148 valence electrons. The van der Waals surface area contributed by atoms with Gasteiger partial charge in [-0.05, 0) is 25.0 Å². The molecule has 0 aliphatic carbocycles. The second-order valence-corrected chi connectivity index (χ2v) is 6.30. The average Bonchev–Trinajstić information content (AvgIpc) is 2.73. The summed E-state index contributed by atoms with van der Waals surface area (Å²) in [6.07, 6.45) is 4.60. The number of carbonyl (C=O) groups excluding carboxylic acids is 1. The van der Waals surface area contributed by atoms with Gasteiger partial charge in [0.1, 0.15) is 17.4 Å². The van der Waals surface area contributed by atoms with Crippen molar-refractivity contribution in [1.29, 1.82) is 0 Å². The topological polar surface area (TPSA) is 104 Å². The molecule has 2 aromatic rings. The normalized spacial score (nSPS) is 16.4. The number of rotatable bonds is 6. The SMILES string of the molecule is COc1cc(C(=O)N2CCCC(Oc3ccncc3)C2)c([N+](=O)[O-])cc1OC. The summed E-state index contributed by atoms with van der Waals surface area (Å²) in [6, 6.07) is 6.06. The van der Waals surface area contributed by atoms with Crippen molar-refractivity contribution in [2.45, 2.75) is 18.9 Å². The van der Waals surface area contributed by atoms with Gasteiger partial charge in [0.25, 0.3) is 11.6 Å². The summed E-state index contributed by atoms with van der Waals surface area (Å²) in [7, 11) is 2.80. The van der Waals surface area contributed by atoms with Crippen LogP contribution in [0.4, 0.5) is 5.69 Å². The first-order valence-corrected chi connectivity index (χ1v) is 8.80. The number of nitro groups is 1. The predicted octanol–water partition coefficient (Wildman–Crippen LogP) is 2.69. The number of benzene rings is 1. The van der Waals surface area contributed by atoms with E-state index in [1.165, 1.54) is 26.4 Å². The molecule has 1 aliphatic rings. The molecule has 28 heavy (non-hydrogen) atoms. The molecule has 1 atom stereocenters. The third-order valence-electron chi connectivity index (χ3n) is 4.55. The highest BCUT2D eigenvalue weighted by Crippen LogP contribution is 2.35. The van der Waals surface area contributed by atoms with Crippen LogP contribution in [-0.4, -0.2) is 54.1 Å². The van der Waals surface area contributed by atoms with Gasteiger partial charge in [0, 0.05) is 25.0 Å². The molecule has 2 heterocycles. The second-order valence-electron chi connectivity index (χ2n) is 6.30. The van der Waals surface area contributed by atoms with Crippen molar-refractivity contribution in [3.8, 4) is 17.2 Å². The van der Waals surface area contributed by atoms with Crippen LogP contribution in [0.25, 0.3) is 0 Å². The maximum atomic E-state index is 13.1. The maximum absolute atomic E-state index is 13.1. The number of aromatic nitrogens is 1. The number of ether oxygens (including phenoxy) is 3. The van der Waals surface area contributed by atoms with Crippen LogP contribution in [0.15, 0.2) is 36.7 Å². The molecule has 0 bridgehead atoms. The number of likely N-dealkylation sites (tertiary alicyclic amines) is 1. The summed E-state index contributed by atoms with van der Waals surface area (Å²) in [5.41, 5.74) is -0.355. The van der Waals surface area contributed by atoms with Gasteiger partial charge in [-0.3, -0.25) is 19.9 Å². The van der Waals surface area contributed by atoms with Crippen molar-refractivity contribution >= 4 is 11.6 Å². The van der Waals surface area contributed by atoms with E-state index in [-0.39, 0.29) is 28.9 Å². The van der Waals surface area contributed by atoms with E-state index in [4.69, 9.17) is 14.2 Å². The van der Waals surface area contributed by atoms with Gasteiger partial charge >= 0.3 is 0 Å². The van der Waals surface area contributed by atoms with Crippen LogP contribution in [0, 0.1) is 10.1 Å². The lowest BCUT2D eigenvalue weighted by Crippen LogP contribution is -2.44. The van der Waals surface area contributed by atoms with Gasteiger partial charge < -0.3 is 19.1 Å². The van der Waals surface area contributed by atoms with Crippen molar-refractivity contribution in [1.82, 2.24) is 9.88 Å². The number of hydrogen-bond donors (Lipinski definition) is 0. The summed E-state index contributed by atoms with van der Waals surface area (Å²) in [6.45, 7) is 0.840. The van der Waals surface area contributed by atoms with E-state index in [0.717, 1.165) is 12.8 Å². The Morgan fingerprint density at radius 1 is 1.21 bits per heavy atom. The summed E-state index contributed by atoms with van der Waals surface area (Å²) >= 11 is 0. The summed E-state index contributed by atoms with van der Waals surface area (Å²) in [4.78, 5) is 29.5. The number of amides is 1. The van der Waals surface area contributed by atoms with Crippen LogP contribution in [0.1, 0.15) is 23.2 Å². The number of nitro benzene ring substituents is 1. The molecule has 0 radical (unpaired) electrons. The van der Waals surface area contributed by atoms with E-state index >= 15 is 0 Å². The fourth-order valence-corrected chi connectivity index (χ4v) is 3.19. The third-order valence-corrected chi connectivity index (χ3v) is 4.55. The predicted molar refractivity (Wildman–Crippen MR) is 100.0 cm³/mol. The van der Waals surface area contributed by atoms with E-state index in [0.29, 0.717) is 18.8 Å². The van der Waals surface area contributed by atoms with Gasteiger partial charge in [0.05, 0.1) is 31.8 Å². The Morgan fingerprint density at radius 2 is 1.89 bits per heavy atom. The zero-order valence-corrected chi connectivity index (χ0v) is 15.7. The highest BCUT2D eigenvalue weighted by molar-refractivity contribution is 5.99. The fourth-order valence-electron chi connectivity index (χ4n) is 3.19. The minimum atomic E-state index is -0.593. The first-order chi connectivity index (χ1) is 13.5. The van der Waals surface area contributed by atoms with Crippen molar-refractivity contribution < 1.29 is 23.9 Å². The molecule has 0 saturated carbocycles. The number of methoxy groups -OCH3 is 2. The quantitative estimate of drug-likeness (QED) is 0.554. The van der Waals surface area contributed by atoms with Crippen molar-refractivity contribution in [3.05, 3.63) is 52.3 Å². The Morgan fingerprint density at radius 3 is 2.54 bits per heavy atom. The van der Waals surface area contributed by atoms with Gasteiger partial charge in [-0.15, -0.1) is 0 Å². The van der Waals surface area contributed by atoms with Gasteiger partial charge in [-0.2, -0.15) is 0 Å². The number of carbonyl (C=O) groups is 1. The largest absolute Gasteiger partial charge is 0.493 e. The Balaban J connectivity index is 1.83. The first kappa shape index (κ1) is 19.4. The van der Waals surface area contributed by atoms with Crippen LogP contribution in [0.3, 0.4) is 0 Å². The van der Waals surface area contributed by atoms with Crippen LogP contribution in [0.2, 0.25) is 0 Å². The molecule has 1 aromatic heterocycles. The third kappa shape index (κ3) is 4.13. The van der Waals surface area contributed by atoms with Gasteiger partial charge in [-0.25, -0.2) is 0 Å². The molecule has 1 amide bonds. The average molecular weight is 387 g/mol. The lowest BCUT2D eigenvalue weighted by atomic mass is 10.0. The summed E-state index contributed by atoms with van der Waals surface area (Å²) < 4.78 is 16.2. The van der Waals surface area contributed by atoms with E-state index < -0.39 is 10.8 Å². The van der Waals surface area contributed by atoms with Crippen LogP contribution in [0.5, 0.6) is 17.2 Å². The lowest BCUT2D eigenvalue weighted by Gasteiger charge is -2.33. The highest BCUT2D eigenvalue weighted by Gasteiger charge is 2.31. The number of pyridine rings is 1. The summed E-state index contributed by atoms with van der Waals surface area (Å²) in [5.74, 6) is 0.698. The maximum Gasteiger partial charge on any atom is 0.286 e. The van der Waals surface area contributed by atoms with Gasteiger partial charge in [-0.1, -0.05) is 0 Å². The van der Waals surface area contributed by atoms with Crippen molar-refractivity contribution in [2.75, 3.05) is 27.3 Å². The molecule has 3 rings (SSSR count). The Bertz CT molecular complexity index is 858. The van der Waals surface area contributed by atoms with Gasteiger partial charge in [0.2, 0.25) is 0 Å². The molecule has 1 unspecified atom stereocenters. The first-order valence-electron chi connectivity index (χ1n) is 8.80. The standard InChI is InChI=1S/C19H21N3O6/c1-26-17-10-15(16(22(24)25)11-18(17)27-2)19(23)21-9-3-4-14(12-21)28-13-5-7-20-8-6-13/h5-8,10-11,14H,3-4,9,12H2,1-2H3. The zero-order chi connectivity index (χ0) is 20.1. The van der Waals surface area contributed by atoms with E-state index in [9.17, 15) is 14.9 Å². The van der Waals surface area contributed by atoms with E-state index in [1.54, 1.807) is 29.4 Å². The zero-order valence-electron chi connectivity index (χ0n) is 15.7. The molecule has 0 N–H and O–H groups in total. The smallest absolute Gasteiger partial charge is 0.286 e. The Kier molecular flexibility index (Phi) is 5.93. The Labute approximate surface area is 162 Å². The highest BCUT2D eigenvalue weighted by atomic mass is 16.6. The lowest BCUT2D eigenvalue weighted by molar-refractivity contribution is -0.385. The monoisotopic (exact) mass is 387 g/mol. The molecular formula is C19H21N3O6. The molecule has 1 fully saturated rings. The minimum Gasteiger partial charge on any atom is -0.493 e. The van der Waals surface area contributed by atoms with Crippen molar-refractivity contribution in [2.24, 2.45) is 0 Å². The van der Waals surface area contributed by atoms with Crippen molar-refractivity contribution in [3.63, 3.8) is 0 Å². The molecular weight excluding hydrogens is 366 g/mol.